The van der Waals surface area contributed by atoms with Crippen molar-refractivity contribution in [3.05, 3.63) is 77.2 Å². The van der Waals surface area contributed by atoms with Crippen LogP contribution in [-0.2, 0) is 17.6 Å². The number of halogens is 2. The maximum absolute atomic E-state index is 13.6. The van der Waals surface area contributed by atoms with E-state index in [2.05, 4.69) is 16.0 Å². The molecule has 1 aliphatic heterocycles. The van der Waals surface area contributed by atoms with Gasteiger partial charge in [0.2, 0.25) is 11.6 Å². The first-order valence-corrected chi connectivity index (χ1v) is 9.52. The fourth-order valence-electron chi connectivity index (χ4n) is 3.81. The second-order valence-electron chi connectivity index (χ2n) is 6.98. The lowest BCUT2D eigenvalue weighted by Gasteiger charge is -2.18. The van der Waals surface area contributed by atoms with Crippen LogP contribution in [0, 0.1) is 5.82 Å². The molecule has 0 fully saturated rings. The molecular weight excluding hydrogens is 393 g/mol. The number of amides is 1. The van der Waals surface area contributed by atoms with E-state index in [1.165, 1.54) is 18.5 Å². The number of fused-ring (bicyclic) bond motifs is 2. The third-order valence-electron chi connectivity index (χ3n) is 5.12. The number of hydrogen-bond donors (Lipinski definition) is 0. The molecule has 3 heterocycles. The van der Waals surface area contributed by atoms with E-state index in [1.54, 1.807) is 23.4 Å². The molecule has 0 unspecified atom stereocenters. The number of carbonyl (C=O) groups excluding carboxylic acids is 1. The Morgan fingerprint density at radius 1 is 1.24 bits per heavy atom. The summed E-state index contributed by atoms with van der Waals surface area (Å²) in [5, 5.41) is 1.14. The third kappa shape index (κ3) is 3.25. The highest BCUT2D eigenvalue weighted by Gasteiger charge is 2.25. The number of hydrogen-bond acceptors (Lipinski definition) is 4. The predicted molar refractivity (Wildman–Crippen MR) is 108 cm³/mol. The van der Waals surface area contributed by atoms with Gasteiger partial charge < -0.3 is 9.32 Å². The smallest absolute Gasteiger partial charge is 0.231 e. The van der Waals surface area contributed by atoms with Crippen molar-refractivity contribution in [1.29, 1.82) is 0 Å². The highest BCUT2D eigenvalue weighted by Crippen LogP contribution is 2.35. The van der Waals surface area contributed by atoms with Crippen molar-refractivity contribution in [2.24, 2.45) is 0 Å². The van der Waals surface area contributed by atoms with Gasteiger partial charge >= 0.3 is 0 Å². The van der Waals surface area contributed by atoms with Crippen LogP contribution in [0.1, 0.15) is 11.1 Å². The van der Waals surface area contributed by atoms with Crippen molar-refractivity contribution in [2.75, 3.05) is 11.4 Å². The van der Waals surface area contributed by atoms with Gasteiger partial charge in [0.1, 0.15) is 18.4 Å². The average molecular weight is 408 g/mol. The van der Waals surface area contributed by atoms with Crippen LogP contribution in [0.2, 0.25) is 5.02 Å². The second-order valence-corrected chi connectivity index (χ2v) is 7.42. The summed E-state index contributed by atoms with van der Waals surface area (Å²) in [4.78, 5) is 22.8. The molecule has 7 heteroatoms. The number of benzene rings is 2. The van der Waals surface area contributed by atoms with E-state index >= 15 is 0 Å². The van der Waals surface area contributed by atoms with Crippen LogP contribution in [0.4, 0.5) is 10.1 Å². The molecule has 0 radical (unpaired) electrons. The molecule has 0 saturated heterocycles. The van der Waals surface area contributed by atoms with Gasteiger partial charge in [-0.05, 0) is 53.4 Å². The van der Waals surface area contributed by atoms with Gasteiger partial charge in [0.05, 0.1) is 11.8 Å². The quantitative estimate of drug-likeness (QED) is 0.489. The summed E-state index contributed by atoms with van der Waals surface area (Å²) in [6.07, 6.45) is 5.71. The van der Waals surface area contributed by atoms with Gasteiger partial charge in [-0.15, -0.1) is 0 Å². The number of carbonyl (C=O) groups is 1. The van der Waals surface area contributed by atoms with Crippen molar-refractivity contribution < 1.29 is 13.6 Å². The van der Waals surface area contributed by atoms with Crippen LogP contribution in [0.5, 0.6) is 0 Å². The molecule has 144 valence electrons. The molecule has 4 aromatic rings. The predicted octanol–water partition coefficient (Wildman–Crippen LogP) is 4.81. The molecule has 29 heavy (non-hydrogen) atoms. The van der Waals surface area contributed by atoms with Crippen LogP contribution in [0.3, 0.4) is 0 Å². The molecular formula is C22H15ClFN3O2. The van der Waals surface area contributed by atoms with Crippen LogP contribution >= 0.6 is 11.6 Å². The van der Waals surface area contributed by atoms with Crippen molar-refractivity contribution in [2.45, 2.75) is 12.8 Å². The monoisotopic (exact) mass is 407 g/mol. The molecule has 5 nitrogen and oxygen atoms in total. The summed E-state index contributed by atoms with van der Waals surface area (Å²) in [7, 11) is 0. The Morgan fingerprint density at radius 2 is 2.14 bits per heavy atom. The maximum Gasteiger partial charge on any atom is 0.231 e. The van der Waals surface area contributed by atoms with E-state index < -0.39 is 5.82 Å². The molecule has 0 spiro atoms. The van der Waals surface area contributed by atoms with Gasteiger partial charge in [0.15, 0.2) is 0 Å². The van der Waals surface area contributed by atoms with Gasteiger partial charge in [-0.3, -0.25) is 4.79 Å². The number of aromatic nitrogens is 2. The molecule has 1 aliphatic rings. The van der Waals surface area contributed by atoms with Crippen LogP contribution < -0.4 is 4.90 Å². The minimum Gasteiger partial charge on any atom is -0.445 e. The molecule has 0 saturated carbocycles. The van der Waals surface area contributed by atoms with Crippen molar-refractivity contribution in [3.63, 3.8) is 0 Å². The van der Waals surface area contributed by atoms with E-state index in [1.807, 2.05) is 12.1 Å². The Kier molecular flexibility index (Phi) is 4.28. The molecule has 0 aliphatic carbocycles. The zero-order valence-corrected chi connectivity index (χ0v) is 16.0. The van der Waals surface area contributed by atoms with Crippen LogP contribution in [0.15, 0.2) is 59.6 Å². The Morgan fingerprint density at radius 3 is 3.00 bits per heavy atom. The Hall–Kier alpha value is -3.25. The van der Waals surface area contributed by atoms with Crippen LogP contribution in [-0.4, -0.2) is 22.4 Å². The second kappa shape index (κ2) is 6.97. The number of anilines is 1. The van der Waals surface area contributed by atoms with Crippen molar-refractivity contribution in [3.8, 4) is 11.1 Å². The lowest BCUT2D eigenvalue weighted by atomic mass is 10.0. The normalized spacial score (nSPS) is 13.1. The first-order valence-electron chi connectivity index (χ1n) is 9.14. The van der Waals surface area contributed by atoms with E-state index in [-0.39, 0.29) is 17.4 Å². The lowest BCUT2D eigenvalue weighted by Crippen LogP contribution is -2.30. The van der Waals surface area contributed by atoms with E-state index in [9.17, 15) is 9.18 Å². The minimum atomic E-state index is -0.442. The number of furan rings is 1. The molecule has 5 rings (SSSR count). The first-order chi connectivity index (χ1) is 14.1. The molecule has 0 N–H and O–H groups in total. The zero-order chi connectivity index (χ0) is 20.0. The van der Waals surface area contributed by atoms with Gasteiger partial charge in [0, 0.05) is 29.0 Å². The summed E-state index contributed by atoms with van der Waals surface area (Å²) >= 11 is 5.90. The number of rotatable bonds is 3. The fraction of sp³-hybridized carbons (Fsp3) is 0.136. The van der Waals surface area contributed by atoms with Crippen molar-refractivity contribution in [1.82, 2.24) is 9.97 Å². The van der Waals surface area contributed by atoms with E-state index in [0.29, 0.717) is 17.8 Å². The van der Waals surface area contributed by atoms with Crippen molar-refractivity contribution >= 4 is 34.3 Å². The summed E-state index contributed by atoms with van der Waals surface area (Å²) in [6, 6.07) is 10.2. The summed E-state index contributed by atoms with van der Waals surface area (Å²) < 4.78 is 19.1. The molecule has 2 aromatic carbocycles. The maximum atomic E-state index is 13.6. The van der Waals surface area contributed by atoms with Gasteiger partial charge in [0.25, 0.3) is 0 Å². The highest BCUT2D eigenvalue weighted by atomic mass is 35.5. The average Bonchev–Trinajstić information content (AvgIpc) is 3.31. The Labute approximate surface area is 170 Å². The number of nitrogens with zero attached hydrogens (tertiary/aromatic N) is 3. The lowest BCUT2D eigenvalue weighted by molar-refractivity contribution is -0.117. The Balaban J connectivity index is 1.42. The largest absolute Gasteiger partial charge is 0.445 e. The molecule has 2 aromatic heterocycles. The standard InChI is InChI=1S/C22H15ClFN3O2/c23-16-5-13(6-17(24)9-16)7-21(28)27-4-3-15-8-14(1-2-20(15)27)19-11-29-22-18(19)10-25-12-26-22/h1-2,5-6,8-12H,3-4,7H2. The molecule has 1 amide bonds. The zero-order valence-electron chi connectivity index (χ0n) is 15.2. The third-order valence-corrected chi connectivity index (χ3v) is 5.34. The summed E-state index contributed by atoms with van der Waals surface area (Å²) in [5.74, 6) is -0.525. The van der Waals surface area contributed by atoms with Gasteiger partial charge in [-0.2, -0.15) is 0 Å². The van der Waals surface area contributed by atoms with E-state index in [0.717, 1.165) is 34.2 Å². The molecule has 0 bridgehead atoms. The Bertz CT molecular complexity index is 1230. The summed E-state index contributed by atoms with van der Waals surface area (Å²) in [6.45, 7) is 0.593. The van der Waals surface area contributed by atoms with Crippen LogP contribution in [0.25, 0.3) is 22.2 Å². The molecule has 0 atom stereocenters. The fourth-order valence-corrected chi connectivity index (χ4v) is 4.05. The van der Waals surface area contributed by atoms with Gasteiger partial charge in [-0.1, -0.05) is 17.7 Å². The topological polar surface area (TPSA) is 59.2 Å². The minimum absolute atomic E-state index is 0.0830. The first kappa shape index (κ1) is 17.8. The van der Waals surface area contributed by atoms with E-state index in [4.69, 9.17) is 16.0 Å². The SMILES string of the molecule is O=C(Cc1cc(F)cc(Cl)c1)N1CCc2cc(-c3coc4ncncc34)ccc21. The summed E-state index contributed by atoms with van der Waals surface area (Å²) in [5.41, 5.74) is 4.98. The van der Waals surface area contributed by atoms with Gasteiger partial charge in [-0.25, -0.2) is 14.4 Å². The highest BCUT2D eigenvalue weighted by molar-refractivity contribution is 6.30.